The molecule has 0 aromatic rings. The number of rotatable bonds is 56. The maximum atomic E-state index is 12.9. The van der Waals surface area contributed by atoms with Gasteiger partial charge in [-0.15, -0.1) is 0 Å². The van der Waals surface area contributed by atoms with Gasteiger partial charge in [-0.3, -0.25) is 9.59 Å². The first-order valence-electron chi connectivity index (χ1n) is 29.8. The summed E-state index contributed by atoms with van der Waals surface area (Å²) in [4.78, 5) is 37.3. The predicted octanol–water partition coefficient (Wildman–Crippen LogP) is 16.0. The highest BCUT2D eigenvalue weighted by Crippen LogP contribution is 2.17. The van der Waals surface area contributed by atoms with E-state index in [1.165, 1.54) is 231 Å². The number of carboxylic acid groups (broad SMARTS) is 1. The lowest BCUT2D eigenvalue weighted by Gasteiger charge is -2.26. The number of unbranched alkanes of at least 4 members (excludes halogenated alkanes) is 39. The molecule has 0 bridgehead atoms. The van der Waals surface area contributed by atoms with Crippen LogP contribution in [0, 0.1) is 0 Å². The summed E-state index contributed by atoms with van der Waals surface area (Å²) in [5.74, 6) is -2.26. The van der Waals surface area contributed by atoms with Crippen molar-refractivity contribution in [1.29, 1.82) is 0 Å². The standard InChI is InChI=1S/C60H115NO8/c1-6-8-10-12-14-16-18-20-22-24-26-28-29-31-33-35-37-39-41-43-45-47-49-51-58(63)69-56(55-68-60(59(64)65)66-53-52-61(3,4)5)54-67-57(62)50-48-46-44-42-40-38-36-34-32-30-27-25-23-21-19-17-15-13-11-9-7-2/h24,26,56,60H,6-23,25,27-55H2,1-5H3/b26-24-. The Labute approximate surface area is 427 Å². The summed E-state index contributed by atoms with van der Waals surface area (Å²) >= 11 is 0. The van der Waals surface area contributed by atoms with Crippen LogP contribution in [0.25, 0.3) is 0 Å². The number of hydrogen-bond acceptors (Lipinski definition) is 8. The summed E-state index contributed by atoms with van der Waals surface area (Å²) in [6, 6.07) is 0. The van der Waals surface area contributed by atoms with Crippen LogP contribution in [0.4, 0.5) is 0 Å². The fraction of sp³-hybridized carbons (Fsp3) is 0.917. The van der Waals surface area contributed by atoms with Gasteiger partial charge in [-0.05, 0) is 38.5 Å². The normalized spacial score (nSPS) is 12.8. The summed E-state index contributed by atoms with van der Waals surface area (Å²) in [6.45, 7) is 4.81. The van der Waals surface area contributed by atoms with E-state index in [1.807, 2.05) is 21.1 Å². The quantitative estimate of drug-likeness (QED) is 0.0195. The van der Waals surface area contributed by atoms with Crippen LogP contribution in [0.2, 0.25) is 0 Å². The Hall–Kier alpha value is -1.97. The summed E-state index contributed by atoms with van der Waals surface area (Å²) in [7, 11) is 5.93. The number of carboxylic acids is 1. The highest BCUT2D eigenvalue weighted by molar-refractivity contribution is 5.70. The van der Waals surface area contributed by atoms with Crippen molar-refractivity contribution >= 4 is 17.9 Å². The number of esters is 2. The van der Waals surface area contributed by atoms with Crippen LogP contribution in [0.1, 0.15) is 296 Å². The molecule has 0 saturated carbocycles. The first-order valence-corrected chi connectivity index (χ1v) is 29.8. The van der Waals surface area contributed by atoms with Gasteiger partial charge >= 0.3 is 11.9 Å². The zero-order valence-corrected chi connectivity index (χ0v) is 46.5. The van der Waals surface area contributed by atoms with Crippen LogP contribution in [-0.2, 0) is 33.3 Å². The molecule has 0 spiro atoms. The number of quaternary nitrogens is 1. The molecule has 0 aliphatic rings. The second kappa shape index (κ2) is 52.4. The van der Waals surface area contributed by atoms with Gasteiger partial charge in [-0.25, -0.2) is 0 Å². The molecule has 9 nitrogen and oxygen atoms in total. The largest absolute Gasteiger partial charge is 0.545 e. The zero-order valence-electron chi connectivity index (χ0n) is 46.5. The van der Waals surface area contributed by atoms with Crippen molar-refractivity contribution in [1.82, 2.24) is 0 Å². The topological polar surface area (TPSA) is 111 Å². The molecule has 0 aromatic heterocycles. The number of aliphatic carboxylic acids is 1. The molecule has 2 atom stereocenters. The van der Waals surface area contributed by atoms with Gasteiger partial charge in [0.15, 0.2) is 12.4 Å². The number of likely N-dealkylation sites (N-methyl/N-ethyl adjacent to an activating group) is 1. The Balaban J connectivity index is 4.19. The fourth-order valence-electron chi connectivity index (χ4n) is 8.89. The van der Waals surface area contributed by atoms with Gasteiger partial charge in [0.2, 0.25) is 0 Å². The van der Waals surface area contributed by atoms with Gasteiger partial charge in [0.1, 0.15) is 13.2 Å². The summed E-state index contributed by atoms with van der Waals surface area (Å²) < 4.78 is 22.7. The van der Waals surface area contributed by atoms with E-state index in [4.69, 9.17) is 18.9 Å². The first-order chi connectivity index (χ1) is 33.6. The molecule has 2 unspecified atom stereocenters. The molecule has 9 heteroatoms. The van der Waals surface area contributed by atoms with Crippen molar-refractivity contribution in [3.63, 3.8) is 0 Å². The van der Waals surface area contributed by atoms with Crippen molar-refractivity contribution in [2.75, 3.05) is 47.5 Å². The Morgan fingerprint density at radius 1 is 0.420 bits per heavy atom. The van der Waals surface area contributed by atoms with Gasteiger partial charge in [0.25, 0.3) is 0 Å². The molecule has 0 amide bonds. The van der Waals surface area contributed by atoms with Crippen LogP contribution >= 0.6 is 0 Å². The van der Waals surface area contributed by atoms with E-state index < -0.39 is 24.3 Å². The molecule has 0 fully saturated rings. The average Bonchev–Trinajstić information content (AvgIpc) is 3.31. The van der Waals surface area contributed by atoms with Crippen molar-refractivity contribution in [2.45, 2.75) is 309 Å². The third-order valence-corrected chi connectivity index (χ3v) is 13.5. The van der Waals surface area contributed by atoms with Crippen LogP contribution in [0.15, 0.2) is 12.2 Å². The fourth-order valence-corrected chi connectivity index (χ4v) is 8.89. The Morgan fingerprint density at radius 2 is 0.739 bits per heavy atom. The second-order valence-corrected chi connectivity index (χ2v) is 21.6. The lowest BCUT2D eigenvalue weighted by atomic mass is 10.0. The van der Waals surface area contributed by atoms with Crippen LogP contribution in [0.5, 0.6) is 0 Å². The first kappa shape index (κ1) is 67.0. The van der Waals surface area contributed by atoms with Crippen molar-refractivity contribution in [3.05, 3.63) is 12.2 Å². The van der Waals surface area contributed by atoms with Gasteiger partial charge < -0.3 is 33.3 Å². The predicted molar refractivity (Wildman–Crippen MR) is 288 cm³/mol. The lowest BCUT2D eigenvalue weighted by molar-refractivity contribution is -0.870. The maximum absolute atomic E-state index is 12.9. The smallest absolute Gasteiger partial charge is 0.306 e. The van der Waals surface area contributed by atoms with Crippen LogP contribution in [-0.4, -0.2) is 82.3 Å². The van der Waals surface area contributed by atoms with E-state index in [0.717, 1.165) is 38.5 Å². The molecule has 0 aliphatic heterocycles. The van der Waals surface area contributed by atoms with Crippen LogP contribution in [0.3, 0.4) is 0 Å². The number of hydrogen-bond donors (Lipinski definition) is 0. The van der Waals surface area contributed by atoms with E-state index in [-0.39, 0.29) is 32.2 Å². The Kier molecular flexibility index (Phi) is 50.9. The molecule has 0 radical (unpaired) electrons. The minimum Gasteiger partial charge on any atom is -0.545 e. The summed E-state index contributed by atoms with van der Waals surface area (Å²) in [6.07, 6.45) is 56.9. The van der Waals surface area contributed by atoms with Gasteiger partial charge in [0, 0.05) is 12.8 Å². The number of ether oxygens (including phenoxy) is 4. The minimum absolute atomic E-state index is 0.151. The van der Waals surface area contributed by atoms with Crippen molar-refractivity contribution < 1.29 is 42.9 Å². The minimum atomic E-state index is -1.62. The molecule has 0 N–H and O–H groups in total. The molecule has 0 heterocycles. The zero-order chi connectivity index (χ0) is 50.6. The summed E-state index contributed by atoms with van der Waals surface area (Å²) in [5.41, 5.74) is 0. The molecule has 0 saturated heterocycles. The van der Waals surface area contributed by atoms with E-state index in [9.17, 15) is 19.5 Å². The number of carbonyl (C=O) groups excluding carboxylic acids is 3. The SMILES string of the molecule is CCCCCCCCCC/C=C\CCCCCCCCCCCCCC(=O)OC(COC(=O)CCCCCCCCCCCCCCCCCCCCCCC)COC(OCC[N+](C)(C)C)C(=O)[O-]. The van der Waals surface area contributed by atoms with Gasteiger partial charge in [0.05, 0.1) is 40.3 Å². The molecule has 0 aromatic carbocycles. The van der Waals surface area contributed by atoms with Crippen LogP contribution < -0.4 is 5.11 Å². The van der Waals surface area contributed by atoms with Gasteiger partial charge in [-0.1, -0.05) is 257 Å². The average molecular weight is 979 g/mol. The summed E-state index contributed by atoms with van der Waals surface area (Å²) in [5, 5.41) is 11.8. The molecular weight excluding hydrogens is 863 g/mol. The molecule has 0 rings (SSSR count). The third kappa shape index (κ3) is 53.7. The van der Waals surface area contributed by atoms with E-state index in [2.05, 4.69) is 26.0 Å². The van der Waals surface area contributed by atoms with E-state index in [0.29, 0.717) is 17.4 Å². The molecular formula is C60H115NO8. The van der Waals surface area contributed by atoms with Crippen molar-refractivity contribution in [2.24, 2.45) is 0 Å². The molecule has 408 valence electrons. The number of carbonyl (C=O) groups is 3. The monoisotopic (exact) mass is 978 g/mol. The molecule has 0 aliphatic carbocycles. The van der Waals surface area contributed by atoms with E-state index in [1.54, 1.807) is 0 Å². The Bertz CT molecular complexity index is 1140. The molecule has 69 heavy (non-hydrogen) atoms. The Morgan fingerprint density at radius 3 is 1.07 bits per heavy atom. The van der Waals surface area contributed by atoms with Gasteiger partial charge in [-0.2, -0.15) is 0 Å². The second-order valence-electron chi connectivity index (χ2n) is 21.6. The van der Waals surface area contributed by atoms with Crippen molar-refractivity contribution in [3.8, 4) is 0 Å². The lowest BCUT2D eigenvalue weighted by Crippen LogP contribution is -2.44. The maximum Gasteiger partial charge on any atom is 0.306 e. The highest BCUT2D eigenvalue weighted by Gasteiger charge is 2.22. The number of allylic oxidation sites excluding steroid dienone is 2. The number of nitrogens with zero attached hydrogens (tertiary/aromatic N) is 1. The van der Waals surface area contributed by atoms with E-state index >= 15 is 0 Å². The highest BCUT2D eigenvalue weighted by atomic mass is 16.7. The third-order valence-electron chi connectivity index (χ3n) is 13.5.